The van der Waals surface area contributed by atoms with Crippen LogP contribution in [0.3, 0.4) is 0 Å². The van der Waals surface area contributed by atoms with Gasteiger partial charge in [0.05, 0.1) is 0 Å². The Hall–Kier alpha value is -2.49. The minimum absolute atomic E-state index is 0.274. The second-order valence-electron chi connectivity index (χ2n) is 3.69. The first-order valence-corrected chi connectivity index (χ1v) is 5.24. The third kappa shape index (κ3) is 1.59. The molecule has 0 fully saturated rings. The second kappa shape index (κ2) is 3.83. The lowest BCUT2D eigenvalue weighted by atomic mass is 10.0. The van der Waals surface area contributed by atoms with Crippen molar-refractivity contribution in [1.82, 2.24) is 15.2 Å². The van der Waals surface area contributed by atoms with Crippen molar-refractivity contribution >= 4 is 10.8 Å². The van der Waals surface area contributed by atoms with Crippen LogP contribution in [-0.2, 0) is 0 Å². The molecule has 0 aliphatic heterocycles. The fraction of sp³-hybridized carbons (Fsp3) is 0. The van der Waals surface area contributed by atoms with Crippen molar-refractivity contribution in [3.8, 4) is 11.3 Å². The van der Waals surface area contributed by atoms with Crippen molar-refractivity contribution in [2.75, 3.05) is 0 Å². The quantitative estimate of drug-likeness (QED) is 0.686. The number of nitrogens with zero attached hydrogens (tertiary/aromatic N) is 2. The Morgan fingerprint density at radius 1 is 1.00 bits per heavy atom. The number of rotatable bonds is 1. The molecule has 0 saturated heterocycles. The van der Waals surface area contributed by atoms with Crippen LogP contribution in [0.4, 0.5) is 0 Å². The summed E-state index contributed by atoms with van der Waals surface area (Å²) in [6.45, 7) is 0. The summed E-state index contributed by atoms with van der Waals surface area (Å²) < 4.78 is 0. The molecule has 0 spiro atoms. The molecule has 0 amide bonds. The molecule has 3 aromatic rings. The van der Waals surface area contributed by atoms with Crippen LogP contribution < -0.4 is 5.56 Å². The van der Waals surface area contributed by atoms with Crippen LogP contribution in [0.15, 0.2) is 53.6 Å². The monoisotopic (exact) mass is 223 g/mol. The van der Waals surface area contributed by atoms with E-state index >= 15 is 0 Å². The molecule has 0 atom stereocenters. The van der Waals surface area contributed by atoms with Crippen molar-refractivity contribution < 1.29 is 0 Å². The van der Waals surface area contributed by atoms with Crippen LogP contribution in [0, 0.1) is 0 Å². The van der Waals surface area contributed by atoms with Crippen LogP contribution in [0.25, 0.3) is 22.0 Å². The van der Waals surface area contributed by atoms with Crippen LogP contribution in [0.2, 0.25) is 0 Å². The van der Waals surface area contributed by atoms with E-state index in [-0.39, 0.29) is 5.56 Å². The van der Waals surface area contributed by atoms with E-state index in [0.29, 0.717) is 5.69 Å². The highest BCUT2D eigenvalue weighted by Crippen LogP contribution is 2.24. The molecule has 4 nitrogen and oxygen atoms in total. The third-order valence-electron chi connectivity index (χ3n) is 2.67. The van der Waals surface area contributed by atoms with Gasteiger partial charge in [-0.05, 0) is 10.8 Å². The number of benzene rings is 2. The lowest BCUT2D eigenvalue weighted by Gasteiger charge is -2.04. The zero-order valence-electron chi connectivity index (χ0n) is 8.92. The molecule has 1 heterocycles. The van der Waals surface area contributed by atoms with Crippen LogP contribution in [-0.4, -0.2) is 15.2 Å². The standard InChI is InChI=1S/C13H9N3O/c17-13-12(14-8-15-16-13)11-7-3-5-9-4-1-2-6-10(9)11/h1-8H,(H,16,17). The minimum atomic E-state index is -0.274. The molecule has 17 heavy (non-hydrogen) atoms. The smallest absolute Gasteiger partial charge is 0.266 e. The van der Waals surface area contributed by atoms with Crippen molar-refractivity contribution in [2.24, 2.45) is 0 Å². The lowest BCUT2D eigenvalue weighted by molar-refractivity contribution is 0.937. The molecular formula is C13H9N3O. The van der Waals surface area contributed by atoms with Gasteiger partial charge in [-0.3, -0.25) is 4.79 Å². The number of nitrogens with one attached hydrogen (secondary N) is 1. The average Bonchev–Trinajstić information content (AvgIpc) is 2.39. The summed E-state index contributed by atoms with van der Waals surface area (Å²) in [7, 11) is 0. The van der Waals surface area contributed by atoms with E-state index in [1.807, 2.05) is 42.5 Å². The molecular weight excluding hydrogens is 214 g/mol. The third-order valence-corrected chi connectivity index (χ3v) is 2.67. The van der Waals surface area contributed by atoms with Gasteiger partial charge in [-0.15, -0.1) is 0 Å². The summed E-state index contributed by atoms with van der Waals surface area (Å²) in [5, 5.41) is 8.10. The summed E-state index contributed by atoms with van der Waals surface area (Å²) in [6, 6.07) is 13.7. The van der Waals surface area contributed by atoms with Crippen LogP contribution in [0.5, 0.6) is 0 Å². The first kappa shape index (κ1) is 9.72. The van der Waals surface area contributed by atoms with Gasteiger partial charge in [0.25, 0.3) is 5.56 Å². The molecule has 4 heteroatoms. The summed E-state index contributed by atoms with van der Waals surface area (Å²) in [5.74, 6) is 0. The van der Waals surface area contributed by atoms with E-state index < -0.39 is 0 Å². The predicted octanol–water partition coefficient (Wildman–Crippen LogP) is 1.99. The van der Waals surface area contributed by atoms with Gasteiger partial charge in [-0.1, -0.05) is 42.5 Å². The average molecular weight is 223 g/mol. The van der Waals surface area contributed by atoms with Crippen molar-refractivity contribution in [3.05, 3.63) is 59.1 Å². The van der Waals surface area contributed by atoms with E-state index in [1.165, 1.54) is 6.33 Å². The molecule has 82 valence electrons. The number of aromatic amines is 1. The van der Waals surface area contributed by atoms with E-state index in [4.69, 9.17) is 0 Å². The summed E-state index contributed by atoms with van der Waals surface area (Å²) in [4.78, 5) is 15.7. The highest BCUT2D eigenvalue weighted by molar-refractivity contribution is 5.95. The lowest BCUT2D eigenvalue weighted by Crippen LogP contribution is -2.12. The van der Waals surface area contributed by atoms with E-state index in [9.17, 15) is 4.79 Å². The Bertz CT molecular complexity index is 728. The Labute approximate surface area is 97.0 Å². The van der Waals surface area contributed by atoms with Gasteiger partial charge in [-0.25, -0.2) is 10.1 Å². The summed E-state index contributed by atoms with van der Waals surface area (Å²) in [5.41, 5.74) is 0.951. The van der Waals surface area contributed by atoms with E-state index in [0.717, 1.165) is 16.3 Å². The topological polar surface area (TPSA) is 58.6 Å². The Morgan fingerprint density at radius 3 is 2.71 bits per heavy atom. The fourth-order valence-electron chi connectivity index (χ4n) is 1.91. The van der Waals surface area contributed by atoms with Gasteiger partial charge in [0.15, 0.2) is 0 Å². The molecule has 0 saturated carbocycles. The molecule has 0 bridgehead atoms. The predicted molar refractivity (Wildman–Crippen MR) is 65.6 cm³/mol. The number of fused-ring (bicyclic) bond motifs is 1. The van der Waals surface area contributed by atoms with Gasteiger partial charge in [0, 0.05) is 5.56 Å². The Morgan fingerprint density at radius 2 is 1.82 bits per heavy atom. The Balaban J connectivity index is 2.39. The minimum Gasteiger partial charge on any atom is -0.266 e. The second-order valence-corrected chi connectivity index (χ2v) is 3.69. The maximum atomic E-state index is 11.7. The van der Waals surface area contributed by atoms with Crippen LogP contribution >= 0.6 is 0 Å². The molecule has 2 aromatic carbocycles. The van der Waals surface area contributed by atoms with Crippen molar-refractivity contribution in [3.63, 3.8) is 0 Å². The SMILES string of the molecule is O=c1[nH]ncnc1-c1cccc2ccccc12. The van der Waals surface area contributed by atoms with E-state index in [1.54, 1.807) is 0 Å². The van der Waals surface area contributed by atoms with Crippen molar-refractivity contribution in [2.45, 2.75) is 0 Å². The molecule has 0 radical (unpaired) electrons. The zero-order chi connectivity index (χ0) is 11.7. The molecule has 1 aromatic heterocycles. The first-order valence-electron chi connectivity index (χ1n) is 5.24. The van der Waals surface area contributed by atoms with E-state index in [2.05, 4.69) is 15.2 Å². The normalized spacial score (nSPS) is 10.6. The van der Waals surface area contributed by atoms with Gasteiger partial charge in [-0.2, -0.15) is 5.10 Å². The highest BCUT2D eigenvalue weighted by atomic mass is 16.1. The van der Waals surface area contributed by atoms with Gasteiger partial charge in [0.1, 0.15) is 12.0 Å². The highest BCUT2D eigenvalue weighted by Gasteiger charge is 2.07. The zero-order valence-corrected chi connectivity index (χ0v) is 8.92. The maximum absolute atomic E-state index is 11.7. The number of hydrogen-bond donors (Lipinski definition) is 1. The van der Waals surface area contributed by atoms with Gasteiger partial charge >= 0.3 is 0 Å². The fourth-order valence-corrected chi connectivity index (χ4v) is 1.91. The van der Waals surface area contributed by atoms with Gasteiger partial charge < -0.3 is 0 Å². The maximum Gasteiger partial charge on any atom is 0.290 e. The molecule has 0 aliphatic carbocycles. The molecule has 0 aliphatic rings. The molecule has 1 N–H and O–H groups in total. The molecule has 0 unspecified atom stereocenters. The number of hydrogen-bond acceptors (Lipinski definition) is 3. The summed E-state index contributed by atoms with van der Waals surface area (Å²) in [6.07, 6.45) is 1.35. The van der Waals surface area contributed by atoms with Crippen molar-refractivity contribution in [1.29, 1.82) is 0 Å². The Kier molecular flexibility index (Phi) is 2.19. The number of H-pyrrole nitrogens is 1. The largest absolute Gasteiger partial charge is 0.290 e. The number of aromatic nitrogens is 3. The first-order chi connectivity index (χ1) is 8.36. The summed E-state index contributed by atoms with van der Waals surface area (Å²) >= 11 is 0. The van der Waals surface area contributed by atoms with Gasteiger partial charge in [0.2, 0.25) is 0 Å². The van der Waals surface area contributed by atoms with Crippen LogP contribution in [0.1, 0.15) is 0 Å². The molecule has 3 rings (SSSR count).